The normalized spacial score (nSPS) is 16.5. The highest BCUT2D eigenvalue weighted by molar-refractivity contribution is 5.52. The zero-order valence-electron chi connectivity index (χ0n) is 13.0. The van der Waals surface area contributed by atoms with Crippen molar-refractivity contribution in [2.45, 2.75) is 57.8 Å². The summed E-state index contributed by atoms with van der Waals surface area (Å²) >= 11 is 0. The first kappa shape index (κ1) is 14.2. The molecule has 0 radical (unpaired) electrons. The smallest absolute Gasteiger partial charge is 0.130 e. The molecule has 2 aromatic rings. The summed E-state index contributed by atoms with van der Waals surface area (Å²) in [6.07, 6.45) is 6.51. The van der Waals surface area contributed by atoms with E-state index in [9.17, 15) is 0 Å². The molecule has 0 amide bonds. The fraction of sp³-hybridized carbons (Fsp3) is 0.500. The summed E-state index contributed by atoms with van der Waals surface area (Å²) in [5, 5.41) is 4.92. The SMILES string of the molecule is CC(C)c1c(C2CCCCC2)nn(-c2ccccc2)c1N. The topological polar surface area (TPSA) is 43.8 Å². The third-order valence-corrected chi connectivity index (χ3v) is 4.56. The van der Waals surface area contributed by atoms with Gasteiger partial charge in [-0.05, 0) is 30.9 Å². The quantitative estimate of drug-likeness (QED) is 0.892. The molecule has 21 heavy (non-hydrogen) atoms. The lowest BCUT2D eigenvalue weighted by Gasteiger charge is -2.21. The second-order valence-electron chi connectivity index (χ2n) is 6.42. The summed E-state index contributed by atoms with van der Waals surface area (Å²) in [5.74, 6) is 1.82. The van der Waals surface area contributed by atoms with Gasteiger partial charge in [0, 0.05) is 11.5 Å². The average molecular weight is 283 g/mol. The number of benzene rings is 1. The van der Waals surface area contributed by atoms with Crippen LogP contribution in [0, 0.1) is 0 Å². The molecule has 1 aromatic carbocycles. The number of hydrogen-bond donors (Lipinski definition) is 1. The maximum absolute atomic E-state index is 6.44. The molecule has 0 unspecified atom stereocenters. The van der Waals surface area contributed by atoms with Gasteiger partial charge in [0.1, 0.15) is 5.82 Å². The maximum Gasteiger partial charge on any atom is 0.130 e. The van der Waals surface area contributed by atoms with Gasteiger partial charge in [0.25, 0.3) is 0 Å². The Balaban J connectivity index is 2.07. The van der Waals surface area contributed by atoms with Gasteiger partial charge in [-0.2, -0.15) is 5.10 Å². The fourth-order valence-corrected chi connectivity index (χ4v) is 3.50. The van der Waals surface area contributed by atoms with E-state index in [0.717, 1.165) is 11.5 Å². The number of anilines is 1. The van der Waals surface area contributed by atoms with Gasteiger partial charge in [-0.15, -0.1) is 0 Å². The lowest BCUT2D eigenvalue weighted by molar-refractivity contribution is 0.432. The van der Waals surface area contributed by atoms with Crippen LogP contribution < -0.4 is 5.73 Å². The molecule has 0 spiro atoms. The van der Waals surface area contributed by atoms with E-state index in [1.807, 2.05) is 22.9 Å². The Morgan fingerprint density at radius 1 is 1.10 bits per heavy atom. The van der Waals surface area contributed by atoms with Crippen molar-refractivity contribution in [1.29, 1.82) is 0 Å². The van der Waals surface area contributed by atoms with Crippen LogP contribution >= 0.6 is 0 Å². The van der Waals surface area contributed by atoms with E-state index in [1.54, 1.807) is 0 Å². The van der Waals surface area contributed by atoms with Crippen molar-refractivity contribution >= 4 is 5.82 Å². The van der Waals surface area contributed by atoms with Gasteiger partial charge < -0.3 is 5.73 Å². The highest BCUT2D eigenvalue weighted by atomic mass is 15.3. The summed E-state index contributed by atoms with van der Waals surface area (Å²) < 4.78 is 1.93. The van der Waals surface area contributed by atoms with Crippen molar-refractivity contribution in [2.75, 3.05) is 5.73 Å². The Morgan fingerprint density at radius 2 is 1.76 bits per heavy atom. The molecule has 0 bridgehead atoms. The van der Waals surface area contributed by atoms with Crippen LogP contribution in [0.15, 0.2) is 30.3 Å². The monoisotopic (exact) mass is 283 g/mol. The lowest BCUT2D eigenvalue weighted by Crippen LogP contribution is -2.08. The first-order valence-corrected chi connectivity index (χ1v) is 8.12. The summed E-state index contributed by atoms with van der Waals surface area (Å²) in [6, 6.07) is 10.2. The Labute approximate surface area is 127 Å². The van der Waals surface area contributed by atoms with Gasteiger partial charge in [-0.3, -0.25) is 0 Å². The van der Waals surface area contributed by atoms with Crippen molar-refractivity contribution in [2.24, 2.45) is 0 Å². The predicted molar refractivity (Wildman–Crippen MR) is 87.9 cm³/mol. The molecule has 1 aromatic heterocycles. The molecular formula is C18H25N3. The predicted octanol–water partition coefficient (Wildman–Crippen LogP) is 4.63. The molecule has 0 atom stereocenters. The standard InChI is InChI=1S/C18H25N3/c1-13(2)16-17(14-9-5-3-6-10-14)20-21(18(16)19)15-11-7-4-8-12-15/h4,7-8,11-14H,3,5-6,9-10,19H2,1-2H3. The van der Waals surface area contributed by atoms with Crippen molar-refractivity contribution in [3.63, 3.8) is 0 Å². The summed E-state index contributed by atoms with van der Waals surface area (Å²) in [7, 11) is 0. The fourth-order valence-electron chi connectivity index (χ4n) is 3.50. The second-order valence-corrected chi connectivity index (χ2v) is 6.42. The van der Waals surface area contributed by atoms with Crippen molar-refractivity contribution in [3.05, 3.63) is 41.6 Å². The summed E-state index contributed by atoms with van der Waals surface area (Å²) in [4.78, 5) is 0. The van der Waals surface area contributed by atoms with Gasteiger partial charge in [0.15, 0.2) is 0 Å². The van der Waals surface area contributed by atoms with E-state index in [-0.39, 0.29) is 0 Å². The number of nitrogens with two attached hydrogens (primary N) is 1. The minimum absolute atomic E-state index is 0.416. The van der Waals surface area contributed by atoms with E-state index in [0.29, 0.717) is 11.8 Å². The summed E-state index contributed by atoms with van der Waals surface area (Å²) in [5.41, 5.74) is 10.00. The minimum atomic E-state index is 0.416. The third-order valence-electron chi connectivity index (χ3n) is 4.56. The molecule has 1 heterocycles. The molecule has 3 nitrogen and oxygen atoms in total. The Kier molecular flexibility index (Phi) is 4.00. The van der Waals surface area contributed by atoms with E-state index >= 15 is 0 Å². The number of nitrogens with zero attached hydrogens (tertiary/aromatic N) is 2. The summed E-state index contributed by atoms with van der Waals surface area (Å²) in [6.45, 7) is 4.43. The zero-order chi connectivity index (χ0) is 14.8. The van der Waals surface area contributed by atoms with Crippen LogP contribution in [0.4, 0.5) is 5.82 Å². The second kappa shape index (κ2) is 5.92. The molecule has 1 fully saturated rings. The first-order valence-electron chi connectivity index (χ1n) is 8.12. The van der Waals surface area contributed by atoms with Crippen LogP contribution in [-0.2, 0) is 0 Å². The number of rotatable bonds is 3. The van der Waals surface area contributed by atoms with Gasteiger partial charge in [-0.25, -0.2) is 4.68 Å². The molecular weight excluding hydrogens is 258 g/mol. The first-order chi connectivity index (χ1) is 10.2. The largest absolute Gasteiger partial charge is 0.383 e. The zero-order valence-corrected chi connectivity index (χ0v) is 13.0. The van der Waals surface area contributed by atoms with Crippen LogP contribution in [-0.4, -0.2) is 9.78 Å². The Bertz CT molecular complexity index is 592. The number of para-hydroxylation sites is 1. The highest BCUT2D eigenvalue weighted by Crippen LogP contribution is 2.39. The molecule has 2 N–H and O–H groups in total. The van der Waals surface area contributed by atoms with Crippen molar-refractivity contribution < 1.29 is 0 Å². The molecule has 0 aliphatic heterocycles. The molecule has 3 heteroatoms. The van der Waals surface area contributed by atoms with E-state index in [2.05, 4.69) is 26.0 Å². The number of aromatic nitrogens is 2. The van der Waals surface area contributed by atoms with Crippen LogP contribution in [0.3, 0.4) is 0 Å². The van der Waals surface area contributed by atoms with Crippen LogP contribution in [0.5, 0.6) is 0 Å². The molecule has 1 saturated carbocycles. The van der Waals surface area contributed by atoms with Crippen LogP contribution in [0.2, 0.25) is 0 Å². The average Bonchev–Trinajstić information content (AvgIpc) is 2.87. The molecule has 0 saturated heterocycles. The van der Waals surface area contributed by atoms with E-state index < -0.39 is 0 Å². The number of hydrogen-bond acceptors (Lipinski definition) is 2. The Morgan fingerprint density at radius 3 is 2.38 bits per heavy atom. The highest BCUT2D eigenvalue weighted by Gasteiger charge is 2.26. The van der Waals surface area contributed by atoms with Crippen LogP contribution in [0.25, 0.3) is 5.69 Å². The molecule has 1 aliphatic carbocycles. The molecule has 1 aliphatic rings. The maximum atomic E-state index is 6.44. The van der Waals surface area contributed by atoms with Gasteiger partial charge >= 0.3 is 0 Å². The minimum Gasteiger partial charge on any atom is -0.383 e. The van der Waals surface area contributed by atoms with Crippen LogP contribution in [0.1, 0.15) is 69.0 Å². The molecule has 112 valence electrons. The number of nitrogen functional groups attached to an aromatic ring is 1. The van der Waals surface area contributed by atoms with Crippen molar-refractivity contribution in [1.82, 2.24) is 9.78 Å². The third kappa shape index (κ3) is 2.69. The van der Waals surface area contributed by atoms with Gasteiger partial charge in [-0.1, -0.05) is 51.3 Å². The van der Waals surface area contributed by atoms with E-state index in [1.165, 1.54) is 43.4 Å². The van der Waals surface area contributed by atoms with E-state index in [4.69, 9.17) is 10.8 Å². The van der Waals surface area contributed by atoms with Crippen molar-refractivity contribution in [3.8, 4) is 5.69 Å². The van der Waals surface area contributed by atoms with Gasteiger partial charge in [0.2, 0.25) is 0 Å². The lowest BCUT2D eigenvalue weighted by atomic mass is 9.84. The molecule has 3 rings (SSSR count). The Hall–Kier alpha value is -1.77. The van der Waals surface area contributed by atoms with Gasteiger partial charge in [0.05, 0.1) is 11.4 Å².